The topological polar surface area (TPSA) is 26.3 Å². The number of carbonyl (C=O) groups is 1. The van der Waals surface area contributed by atoms with Gasteiger partial charge in [-0.25, -0.2) is 0 Å². The predicted octanol–water partition coefficient (Wildman–Crippen LogP) is 3.11. The van der Waals surface area contributed by atoms with E-state index in [1.54, 1.807) is 0 Å². The van der Waals surface area contributed by atoms with E-state index in [-0.39, 0.29) is 18.1 Å². The number of alkyl halides is 1. The first-order valence-electron chi connectivity index (χ1n) is 5.14. The summed E-state index contributed by atoms with van der Waals surface area (Å²) in [5.41, 5.74) is 0.114. The van der Waals surface area contributed by atoms with Crippen molar-refractivity contribution in [2.75, 3.05) is 13.8 Å². The van der Waals surface area contributed by atoms with Crippen molar-refractivity contribution >= 4 is 5.97 Å². The van der Waals surface area contributed by atoms with Crippen LogP contribution in [0.3, 0.4) is 0 Å². The van der Waals surface area contributed by atoms with Crippen LogP contribution in [0.1, 0.15) is 46.0 Å². The van der Waals surface area contributed by atoms with Crippen molar-refractivity contribution in [1.29, 1.82) is 0 Å². The summed E-state index contributed by atoms with van der Waals surface area (Å²) in [5.74, 6) is -0.163. The summed E-state index contributed by atoms with van der Waals surface area (Å²) in [6.07, 6.45) is 3.76. The zero-order valence-corrected chi connectivity index (χ0v) is 9.44. The molecule has 0 rings (SSSR count). The minimum atomic E-state index is -0.243. The van der Waals surface area contributed by atoms with Crippen LogP contribution in [0.2, 0.25) is 0 Å². The zero-order valence-electron chi connectivity index (χ0n) is 9.44. The molecule has 0 N–H and O–H groups in total. The molecule has 0 atom stereocenters. The molecule has 0 bridgehead atoms. The van der Waals surface area contributed by atoms with E-state index < -0.39 is 0 Å². The highest BCUT2D eigenvalue weighted by atomic mass is 18.2. The summed E-state index contributed by atoms with van der Waals surface area (Å²) in [6.45, 7) is 3.97. The minimum Gasteiger partial charge on any atom is -0.469 e. The second-order valence-electron chi connectivity index (χ2n) is 4.39. The molecule has 84 valence electrons. The fourth-order valence-electron chi connectivity index (χ4n) is 1.37. The quantitative estimate of drug-likeness (QED) is 0.469. The number of halogens is 1. The summed E-state index contributed by atoms with van der Waals surface area (Å²) >= 11 is 0. The lowest BCUT2D eigenvalue weighted by Gasteiger charge is -2.23. The number of esters is 1. The highest BCUT2D eigenvalue weighted by Gasteiger charge is 2.18. The molecule has 0 saturated heterocycles. The van der Waals surface area contributed by atoms with E-state index in [0.717, 1.165) is 19.3 Å². The van der Waals surface area contributed by atoms with Crippen molar-refractivity contribution in [1.82, 2.24) is 0 Å². The molecular formula is C11H21FO2. The predicted molar refractivity (Wildman–Crippen MR) is 54.9 cm³/mol. The number of hydrogen-bond donors (Lipinski definition) is 0. The zero-order chi connectivity index (χ0) is 11.0. The van der Waals surface area contributed by atoms with Gasteiger partial charge in [0.1, 0.15) is 0 Å². The van der Waals surface area contributed by atoms with Gasteiger partial charge in [-0.15, -0.1) is 0 Å². The molecule has 0 aromatic heterocycles. The molecule has 0 saturated carbocycles. The van der Waals surface area contributed by atoms with E-state index in [1.807, 2.05) is 0 Å². The van der Waals surface area contributed by atoms with Crippen LogP contribution in [0.15, 0.2) is 0 Å². The van der Waals surface area contributed by atoms with Crippen molar-refractivity contribution in [2.24, 2.45) is 5.41 Å². The molecule has 0 fully saturated rings. The molecule has 3 heteroatoms. The number of rotatable bonds is 7. The van der Waals surface area contributed by atoms with Crippen LogP contribution in [-0.4, -0.2) is 19.8 Å². The average Bonchev–Trinajstić information content (AvgIpc) is 2.14. The summed E-state index contributed by atoms with van der Waals surface area (Å²) < 4.78 is 16.4. The molecule has 0 aliphatic carbocycles. The Morgan fingerprint density at radius 2 is 1.93 bits per heavy atom. The van der Waals surface area contributed by atoms with Crippen molar-refractivity contribution < 1.29 is 13.9 Å². The Kier molecular flexibility index (Phi) is 6.50. The first-order valence-corrected chi connectivity index (χ1v) is 5.14. The average molecular weight is 203 g/mol. The Bertz CT molecular complexity index is 167. The van der Waals surface area contributed by atoms with Gasteiger partial charge in [-0.05, 0) is 24.7 Å². The molecule has 0 aromatic rings. The van der Waals surface area contributed by atoms with Gasteiger partial charge >= 0.3 is 5.97 Å². The minimum absolute atomic E-state index is 0.114. The molecule has 2 nitrogen and oxygen atoms in total. The molecule has 0 amide bonds. The van der Waals surface area contributed by atoms with Crippen molar-refractivity contribution in [3.63, 3.8) is 0 Å². The lowest BCUT2D eigenvalue weighted by Crippen LogP contribution is -2.14. The lowest BCUT2D eigenvalue weighted by molar-refractivity contribution is -0.141. The van der Waals surface area contributed by atoms with Crippen LogP contribution < -0.4 is 0 Å². The van der Waals surface area contributed by atoms with E-state index in [0.29, 0.717) is 12.8 Å². The van der Waals surface area contributed by atoms with Crippen LogP contribution in [0.5, 0.6) is 0 Å². The fourth-order valence-corrected chi connectivity index (χ4v) is 1.37. The Labute approximate surface area is 85.8 Å². The van der Waals surface area contributed by atoms with E-state index >= 15 is 0 Å². The summed E-state index contributed by atoms with van der Waals surface area (Å²) in [7, 11) is 1.40. The van der Waals surface area contributed by atoms with Gasteiger partial charge < -0.3 is 4.74 Å². The molecule has 14 heavy (non-hydrogen) atoms. The summed E-state index contributed by atoms with van der Waals surface area (Å²) in [5, 5.41) is 0. The smallest absolute Gasteiger partial charge is 0.305 e. The maximum atomic E-state index is 11.9. The number of hydrogen-bond acceptors (Lipinski definition) is 2. The Morgan fingerprint density at radius 3 is 2.43 bits per heavy atom. The second kappa shape index (κ2) is 6.80. The maximum Gasteiger partial charge on any atom is 0.305 e. The third-order valence-corrected chi connectivity index (χ3v) is 2.47. The fraction of sp³-hybridized carbons (Fsp3) is 0.909. The number of carbonyl (C=O) groups excluding carboxylic acids is 1. The Hall–Kier alpha value is -0.600. The van der Waals surface area contributed by atoms with Crippen LogP contribution >= 0.6 is 0 Å². The standard InChI is InChI=1S/C11H21FO2/c1-11(2,7-4-5-9-12)8-6-10(13)14-3/h4-9H2,1-3H3/i12-1. The lowest BCUT2D eigenvalue weighted by atomic mass is 9.83. The van der Waals surface area contributed by atoms with Gasteiger partial charge in [0.15, 0.2) is 0 Å². The summed E-state index contributed by atoms with van der Waals surface area (Å²) in [4.78, 5) is 10.9. The third-order valence-electron chi connectivity index (χ3n) is 2.47. The number of unbranched alkanes of at least 4 members (excludes halogenated alkanes) is 1. The monoisotopic (exact) mass is 203 g/mol. The van der Waals surface area contributed by atoms with Gasteiger partial charge in [-0.2, -0.15) is 0 Å². The van der Waals surface area contributed by atoms with Gasteiger partial charge in [0.2, 0.25) is 0 Å². The maximum absolute atomic E-state index is 11.9. The van der Waals surface area contributed by atoms with Crippen LogP contribution in [0.25, 0.3) is 0 Å². The van der Waals surface area contributed by atoms with E-state index in [9.17, 15) is 9.18 Å². The van der Waals surface area contributed by atoms with Gasteiger partial charge in [0, 0.05) is 6.42 Å². The van der Waals surface area contributed by atoms with Gasteiger partial charge in [0.05, 0.1) is 13.8 Å². The molecule has 0 aliphatic rings. The molecule has 0 aliphatic heterocycles. The van der Waals surface area contributed by atoms with Gasteiger partial charge in [-0.3, -0.25) is 9.18 Å². The molecular weight excluding hydrogens is 182 g/mol. The first kappa shape index (κ1) is 13.4. The third kappa shape index (κ3) is 6.87. The van der Waals surface area contributed by atoms with Crippen molar-refractivity contribution in [2.45, 2.75) is 46.0 Å². The first-order chi connectivity index (χ1) is 6.52. The largest absolute Gasteiger partial charge is 0.469 e. The van der Waals surface area contributed by atoms with Crippen molar-refractivity contribution in [3.8, 4) is 0 Å². The number of ether oxygens (including phenoxy) is 1. The Balaban J connectivity index is 3.65. The molecule has 0 unspecified atom stereocenters. The van der Waals surface area contributed by atoms with E-state index in [2.05, 4.69) is 18.6 Å². The van der Waals surface area contributed by atoms with Gasteiger partial charge in [-0.1, -0.05) is 20.3 Å². The van der Waals surface area contributed by atoms with Crippen LogP contribution in [0.4, 0.5) is 4.39 Å². The highest BCUT2D eigenvalue weighted by Crippen LogP contribution is 2.28. The molecule has 0 spiro atoms. The van der Waals surface area contributed by atoms with Gasteiger partial charge in [0.25, 0.3) is 0 Å². The van der Waals surface area contributed by atoms with Crippen LogP contribution in [0, 0.1) is 5.41 Å². The number of methoxy groups -OCH3 is 1. The molecule has 0 radical (unpaired) electrons. The molecule has 0 heterocycles. The normalized spacial score (nSPS) is 11.4. The SMILES string of the molecule is COC(=O)CCC(C)(C)CCCC[18F]. The molecule has 0 aromatic carbocycles. The second-order valence-corrected chi connectivity index (χ2v) is 4.39. The van der Waals surface area contributed by atoms with Crippen molar-refractivity contribution in [3.05, 3.63) is 0 Å². The summed E-state index contributed by atoms with van der Waals surface area (Å²) in [6, 6.07) is 0. The van der Waals surface area contributed by atoms with E-state index in [4.69, 9.17) is 0 Å². The highest BCUT2D eigenvalue weighted by molar-refractivity contribution is 5.69. The Morgan fingerprint density at radius 1 is 1.29 bits per heavy atom. The van der Waals surface area contributed by atoms with Crippen LogP contribution in [-0.2, 0) is 9.53 Å². The van der Waals surface area contributed by atoms with E-state index in [1.165, 1.54) is 7.11 Å².